The van der Waals surface area contributed by atoms with E-state index in [9.17, 15) is 4.79 Å². The summed E-state index contributed by atoms with van der Waals surface area (Å²) in [5.74, 6) is 0.357. The van der Waals surface area contributed by atoms with Crippen LogP contribution in [0.5, 0.6) is 0 Å². The molecule has 1 saturated carbocycles. The fourth-order valence-electron chi connectivity index (χ4n) is 2.18. The first-order valence-electron chi connectivity index (χ1n) is 6.29. The van der Waals surface area contributed by atoms with E-state index in [0.717, 1.165) is 22.5 Å². The molecule has 0 aliphatic heterocycles. The van der Waals surface area contributed by atoms with Crippen molar-refractivity contribution in [1.82, 2.24) is 4.90 Å². The zero-order valence-corrected chi connectivity index (χ0v) is 12.2. The summed E-state index contributed by atoms with van der Waals surface area (Å²) < 4.78 is 1.01. The second kappa shape index (κ2) is 5.85. The normalized spacial score (nSPS) is 16.8. The first kappa shape index (κ1) is 13.6. The molecule has 4 heteroatoms. The van der Waals surface area contributed by atoms with Gasteiger partial charge in [-0.15, -0.1) is 0 Å². The molecule has 1 aliphatic carbocycles. The Bertz CT molecular complexity index is 414. The lowest BCUT2D eigenvalue weighted by Gasteiger charge is -2.22. The molecule has 1 aromatic carbocycles. The maximum atomic E-state index is 11.6. The second-order valence-electron chi connectivity index (χ2n) is 5.17. The summed E-state index contributed by atoms with van der Waals surface area (Å²) in [7, 11) is 2.06. The topological polar surface area (TPSA) is 46.3 Å². The minimum atomic E-state index is -0.250. The second-order valence-corrected chi connectivity index (χ2v) is 6.09. The van der Waals surface area contributed by atoms with Gasteiger partial charge in [-0.05, 0) is 43.5 Å². The highest BCUT2D eigenvalue weighted by Gasteiger charge is 2.25. The molecule has 1 atom stereocenters. The number of likely N-dealkylation sites (N-methyl/N-ethyl adjacent to an activating group) is 1. The van der Waals surface area contributed by atoms with Crippen molar-refractivity contribution in [3.05, 3.63) is 34.3 Å². The van der Waals surface area contributed by atoms with Gasteiger partial charge < -0.3 is 10.6 Å². The highest BCUT2D eigenvalue weighted by molar-refractivity contribution is 9.10. The monoisotopic (exact) mass is 310 g/mol. The van der Waals surface area contributed by atoms with Crippen LogP contribution in [0, 0.1) is 5.92 Å². The molecule has 3 nitrogen and oxygen atoms in total. The Kier molecular flexibility index (Phi) is 4.40. The molecule has 0 aromatic heterocycles. The van der Waals surface area contributed by atoms with Gasteiger partial charge in [0.2, 0.25) is 5.91 Å². The Morgan fingerprint density at radius 3 is 2.56 bits per heavy atom. The van der Waals surface area contributed by atoms with Crippen molar-refractivity contribution in [2.24, 2.45) is 11.7 Å². The van der Waals surface area contributed by atoms with Crippen LogP contribution in [0.4, 0.5) is 0 Å². The average molecular weight is 311 g/mol. The number of halogens is 1. The zero-order valence-electron chi connectivity index (χ0n) is 10.6. The van der Waals surface area contributed by atoms with Crippen LogP contribution in [-0.4, -0.2) is 30.9 Å². The Hall–Kier alpha value is -0.870. The van der Waals surface area contributed by atoms with Gasteiger partial charge in [0.15, 0.2) is 0 Å². The fraction of sp³-hybridized carbons (Fsp3) is 0.500. The summed E-state index contributed by atoms with van der Waals surface area (Å²) in [6.45, 7) is 1.77. The van der Waals surface area contributed by atoms with Crippen molar-refractivity contribution < 1.29 is 4.79 Å². The Morgan fingerprint density at radius 1 is 1.44 bits per heavy atom. The van der Waals surface area contributed by atoms with Gasteiger partial charge in [-0.3, -0.25) is 4.79 Å². The number of hydrogen-bond acceptors (Lipinski definition) is 2. The lowest BCUT2D eigenvalue weighted by Crippen LogP contribution is -2.33. The van der Waals surface area contributed by atoms with Crippen molar-refractivity contribution in [2.45, 2.75) is 18.8 Å². The van der Waals surface area contributed by atoms with E-state index in [1.807, 2.05) is 24.3 Å². The molecule has 1 amide bonds. The van der Waals surface area contributed by atoms with Crippen LogP contribution in [-0.2, 0) is 4.79 Å². The smallest absolute Gasteiger partial charge is 0.226 e. The highest BCUT2D eigenvalue weighted by atomic mass is 79.9. The number of carbonyl (C=O) groups excluding carboxylic acids is 1. The first-order valence-corrected chi connectivity index (χ1v) is 7.09. The van der Waals surface area contributed by atoms with Crippen LogP contribution in [0.25, 0.3) is 0 Å². The van der Waals surface area contributed by atoms with E-state index in [4.69, 9.17) is 5.73 Å². The van der Waals surface area contributed by atoms with Gasteiger partial charge in [-0.2, -0.15) is 0 Å². The highest BCUT2D eigenvalue weighted by Crippen LogP contribution is 2.30. The van der Waals surface area contributed by atoms with Gasteiger partial charge in [-0.1, -0.05) is 28.1 Å². The first-order chi connectivity index (χ1) is 8.56. The predicted octanol–water partition coefficient (Wildman–Crippen LogP) is 2.36. The van der Waals surface area contributed by atoms with Crippen molar-refractivity contribution in [3.8, 4) is 0 Å². The minimum Gasteiger partial charge on any atom is -0.369 e. The number of hydrogen-bond donors (Lipinski definition) is 1. The van der Waals surface area contributed by atoms with Gasteiger partial charge in [0.1, 0.15) is 0 Å². The number of carbonyl (C=O) groups is 1. The molecule has 18 heavy (non-hydrogen) atoms. The van der Waals surface area contributed by atoms with Crippen molar-refractivity contribution >= 4 is 21.8 Å². The molecule has 0 unspecified atom stereocenters. The molecule has 0 saturated heterocycles. The van der Waals surface area contributed by atoms with E-state index in [2.05, 4.69) is 27.9 Å². The van der Waals surface area contributed by atoms with Crippen molar-refractivity contribution in [2.75, 3.05) is 20.1 Å². The number of benzene rings is 1. The summed E-state index contributed by atoms with van der Waals surface area (Å²) in [5, 5.41) is 0. The Morgan fingerprint density at radius 2 is 2.06 bits per heavy atom. The molecule has 2 rings (SSSR count). The van der Waals surface area contributed by atoms with E-state index in [-0.39, 0.29) is 11.8 Å². The van der Waals surface area contributed by atoms with Crippen LogP contribution >= 0.6 is 15.9 Å². The third-order valence-corrected chi connectivity index (χ3v) is 3.91. The number of nitrogens with zero attached hydrogens (tertiary/aromatic N) is 1. The summed E-state index contributed by atoms with van der Waals surface area (Å²) in [5.41, 5.74) is 6.52. The molecule has 0 heterocycles. The molecule has 0 bridgehead atoms. The summed E-state index contributed by atoms with van der Waals surface area (Å²) in [4.78, 5) is 13.8. The number of primary amides is 1. The third kappa shape index (κ3) is 3.82. The lowest BCUT2D eigenvalue weighted by molar-refractivity contribution is -0.119. The van der Waals surface area contributed by atoms with Crippen LogP contribution in [0.3, 0.4) is 0 Å². The van der Waals surface area contributed by atoms with E-state index < -0.39 is 0 Å². The summed E-state index contributed by atoms with van der Waals surface area (Å²) >= 11 is 3.40. The van der Waals surface area contributed by atoms with Crippen LogP contribution in [0.15, 0.2) is 28.7 Å². The largest absolute Gasteiger partial charge is 0.369 e. The quantitative estimate of drug-likeness (QED) is 0.876. The van der Waals surface area contributed by atoms with Crippen LogP contribution in [0.1, 0.15) is 24.3 Å². The number of amides is 1. The van der Waals surface area contributed by atoms with E-state index in [0.29, 0.717) is 6.54 Å². The predicted molar refractivity (Wildman–Crippen MR) is 76.3 cm³/mol. The maximum Gasteiger partial charge on any atom is 0.226 e. The van der Waals surface area contributed by atoms with E-state index >= 15 is 0 Å². The fourth-order valence-corrected chi connectivity index (χ4v) is 2.45. The van der Waals surface area contributed by atoms with Crippen LogP contribution in [0.2, 0.25) is 0 Å². The molecule has 0 radical (unpaired) electrons. The standard InChI is InChI=1S/C14H19BrN2O/c1-17(8-10-2-3-10)9-13(14(16)18)11-4-6-12(15)7-5-11/h4-7,10,13H,2-3,8-9H2,1H3,(H2,16,18)/t13-/m1/s1. The maximum absolute atomic E-state index is 11.6. The molecular weight excluding hydrogens is 292 g/mol. The van der Waals surface area contributed by atoms with Crippen molar-refractivity contribution in [3.63, 3.8) is 0 Å². The molecule has 1 fully saturated rings. The molecule has 98 valence electrons. The van der Waals surface area contributed by atoms with Gasteiger partial charge >= 0.3 is 0 Å². The van der Waals surface area contributed by atoms with Crippen molar-refractivity contribution in [1.29, 1.82) is 0 Å². The van der Waals surface area contributed by atoms with Gasteiger partial charge in [0.25, 0.3) is 0 Å². The summed E-state index contributed by atoms with van der Waals surface area (Å²) in [6.07, 6.45) is 2.65. The summed E-state index contributed by atoms with van der Waals surface area (Å²) in [6, 6.07) is 7.83. The van der Waals surface area contributed by atoms with Gasteiger partial charge in [0.05, 0.1) is 5.92 Å². The Balaban J connectivity index is 2.02. The number of rotatable bonds is 6. The molecular formula is C14H19BrN2O. The van der Waals surface area contributed by atoms with Gasteiger partial charge in [-0.25, -0.2) is 0 Å². The SMILES string of the molecule is CN(CC1CC1)C[C@@H](C(N)=O)c1ccc(Br)cc1. The van der Waals surface area contributed by atoms with Gasteiger partial charge in [0, 0.05) is 17.6 Å². The molecule has 1 aromatic rings. The van der Waals surface area contributed by atoms with E-state index in [1.165, 1.54) is 12.8 Å². The minimum absolute atomic E-state index is 0.221. The van der Waals surface area contributed by atoms with Crippen LogP contribution < -0.4 is 5.73 Å². The number of nitrogens with two attached hydrogens (primary N) is 1. The average Bonchev–Trinajstić information content (AvgIpc) is 3.11. The third-order valence-electron chi connectivity index (χ3n) is 3.38. The lowest BCUT2D eigenvalue weighted by atomic mass is 9.98. The molecule has 0 spiro atoms. The molecule has 1 aliphatic rings. The molecule has 2 N–H and O–H groups in total. The zero-order chi connectivity index (χ0) is 13.1. The van der Waals surface area contributed by atoms with E-state index in [1.54, 1.807) is 0 Å². The Labute approximate surface area is 116 Å².